The zero-order valence-electron chi connectivity index (χ0n) is 8.62. The van der Waals surface area contributed by atoms with E-state index in [0.717, 1.165) is 17.8 Å². The third-order valence-corrected chi connectivity index (χ3v) is 5.59. The van der Waals surface area contributed by atoms with Crippen LogP contribution < -0.4 is 0 Å². The smallest absolute Gasteiger partial charge is 0.351 e. The Kier molecular flexibility index (Phi) is 2.58. The molecule has 0 N–H and O–H groups in total. The van der Waals surface area contributed by atoms with Gasteiger partial charge in [0.25, 0.3) is 0 Å². The molecule has 3 atom stereocenters. The molecule has 2 aliphatic rings. The second kappa shape index (κ2) is 3.56. The van der Waals surface area contributed by atoms with Crippen LogP contribution in [0.15, 0.2) is 11.3 Å². The Labute approximate surface area is 81.8 Å². The molecule has 0 aromatic heterocycles. The van der Waals surface area contributed by atoms with Crippen LogP contribution in [0.2, 0.25) is 0 Å². The highest BCUT2D eigenvalue weighted by Crippen LogP contribution is 2.47. The van der Waals surface area contributed by atoms with Crippen LogP contribution in [0, 0.1) is 17.8 Å². The van der Waals surface area contributed by atoms with Crippen LogP contribution in [0.25, 0.3) is 0 Å². The van der Waals surface area contributed by atoms with E-state index >= 15 is 0 Å². The van der Waals surface area contributed by atoms with Gasteiger partial charge in [-0.05, 0) is 35.8 Å². The van der Waals surface area contributed by atoms with Crippen molar-refractivity contribution in [3.63, 3.8) is 0 Å². The van der Waals surface area contributed by atoms with Crippen molar-refractivity contribution in [2.24, 2.45) is 17.8 Å². The first-order valence-corrected chi connectivity index (χ1v) is 6.55. The predicted octanol–water partition coefficient (Wildman–Crippen LogP) is 1.64. The first-order valence-electron chi connectivity index (χ1n) is 5.03. The molecular formula is C10H18O2Si. The maximum absolute atomic E-state index is 5.42. The number of allylic oxidation sites excluding steroid dienone is 2. The van der Waals surface area contributed by atoms with Crippen LogP contribution in [0.4, 0.5) is 0 Å². The molecule has 2 aliphatic carbocycles. The van der Waals surface area contributed by atoms with Gasteiger partial charge >= 0.3 is 9.28 Å². The van der Waals surface area contributed by atoms with Crippen LogP contribution in [-0.4, -0.2) is 23.5 Å². The van der Waals surface area contributed by atoms with Crippen molar-refractivity contribution >= 4 is 9.28 Å². The van der Waals surface area contributed by atoms with Crippen molar-refractivity contribution < 1.29 is 8.85 Å². The summed E-state index contributed by atoms with van der Waals surface area (Å²) in [7, 11) is 2.09. The molecular weight excluding hydrogens is 180 g/mol. The summed E-state index contributed by atoms with van der Waals surface area (Å²) in [4.78, 5) is 0. The van der Waals surface area contributed by atoms with Crippen molar-refractivity contribution in [1.82, 2.24) is 0 Å². The van der Waals surface area contributed by atoms with E-state index < -0.39 is 9.28 Å². The van der Waals surface area contributed by atoms with E-state index in [1.54, 1.807) is 14.2 Å². The van der Waals surface area contributed by atoms with Gasteiger partial charge < -0.3 is 8.85 Å². The van der Waals surface area contributed by atoms with Crippen molar-refractivity contribution in [2.45, 2.75) is 19.8 Å². The molecule has 1 fully saturated rings. The van der Waals surface area contributed by atoms with Gasteiger partial charge in [0.2, 0.25) is 0 Å². The summed E-state index contributed by atoms with van der Waals surface area (Å²) in [6, 6.07) is 0. The molecule has 74 valence electrons. The molecule has 1 saturated carbocycles. The molecule has 0 aliphatic heterocycles. The Hall–Kier alpha value is -0.123. The Bertz CT molecular complexity index is 223. The summed E-state index contributed by atoms with van der Waals surface area (Å²) in [5.74, 6) is 2.49. The van der Waals surface area contributed by atoms with E-state index in [4.69, 9.17) is 8.85 Å². The van der Waals surface area contributed by atoms with Gasteiger partial charge in [0.05, 0.1) is 0 Å². The highest BCUT2D eigenvalue weighted by molar-refractivity contribution is 6.53. The standard InChI is InChI=1S/C10H18O2Si/c1-7-4-9-5-8(7)6-10(9)13(11-2)12-3/h6-9,13H,4-5H2,1-3H3. The van der Waals surface area contributed by atoms with Crippen LogP contribution >= 0.6 is 0 Å². The van der Waals surface area contributed by atoms with E-state index in [1.807, 2.05) is 0 Å². The molecule has 0 amide bonds. The summed E-state index contributed by atoms with van der Waals surface area (Å²) in [5.41, 5.74) is 0. The minimum absolute atomic E-state index is 0.788. The topological polar surface area (TPSA) is 18.5 Å². The summed E-state index contributed by atoms with van der Waals surface area (Å²) in [6.07, 6.45) is 5.14. The summed E-state index contributed by atoms with van der Waals surface area (Å²) in [6.45, 7) is 2.36. The quantitative estimate of drug-likeness (QED) is 0.642. The number of hydrogen-bond acceptors (Lipinski definition) is 2. The lowest BCUT2D eigenvalue weighted by Crippen LogP contribution is -2.26. The molecule has 13 heavy (non-hydrogen) atoms. The molecule has 3 unspecified atom stereocenters. The highest BCUT2D eigenvalue weighted by Gasteiger charge is 2.41. The maximum Gasteiger partial charge on any atom is 0.351 e. The van der Waals surface area contributed by atoms with Gasteiger partial charge in [0, 0.05) is 14.2 Å². The summed E-state index contributed by atoms with van der Waals surface area (Å²) >= 11 is 0. The minimum atomic E-state index is -1.46. The van der Waals surface area contributed by atoms with E-state index in [-0.39, 0.29) is 0 Å². The zero-order valence-corrected chi connectivity index (χ0v) is 9.77. The van der Waals surface area contributed by atoms with Gasteiger partial charge in [-0.3, -0.25) is 0 Å². The third kappa shape index (κ3) is 1.49. The molecule has 0 aromatic carbocycles. The minimum Gasteiger partial charge on any atom is -0.397 e. The molecule has 0 saturated heterocycles. The monoisotopic (exact) mass is 198 g/mol. The fourth-order valence-electron chi connectivity index (χ4n) is 2.81. The van der Waals surface area contributed by atoms with Crippen molar-refractivity contribution in [3.8, 4) is 0 Å². The Morgan fingerprint density at radius 3 is 2.38 bits per heavy atom. The lowest BCUT2D eigenvalue weighted by Gasteiger charge is -2.21. The first-order chi connectivity index (χ1) is 6.26. The van der Waals surface area contributed by atoms with Crippen LogP contribution in [0.5, 0.6) is 0 Å². The lowest BCUT2D eigenvalue weighted by molar-refractivity contribution is 0.281. The lowest BCUT2D eigenvalue weighted by atomic mass is 9.96. The van der Waals surface area contributed by atoms with Gasteiger partial charge in [0.1, 0.15) is 0 Å². The van der Waals surface area contributed by atoms with Crippen molar-refractivity contribution in [2.75, 3.05) is 14.2 Å². The SMILES string of the molecule is CO[SiH](OC)C1=CC2CC1CC2C. The van der Waals surface area contributed by atoms with Gasteiger partial charge in [-0.25, -0.2) is 0 Å². The van der Waals surface area contributed by atoms with Crippen molar-refractivity contribution in [1.29, 1.82) is 0 Å². The van der Waals surface area contributed by atoms with Gasteiger partial charge in [-0.2, -0.15) is 0 Å². The molecule has 0 aromatic rings. The Morgan fingerprint density at radius 1 is 1.31 bits per heavy atom. The van der Waals surface area contributed by atoms with Crippen molar-refractivity contribution in [3.05, 3.63) is 11.3 Å². The average Bonchev–Trinajstić information content (AvgIpc) is 2.65. The van der Waals surface area contributed by atoms with Crippen LogP contribution in [0.3, 0.4) is 0 Å². The maximum atomic E-state index is 5.42. The molecule has 2 rings (SSSR count). The zero-order chi connectivity index (χ0) is 9.42. The van der Waals surface area contributed by atoms with E-state index in [0.29, 0.717) is 0 Å². The molecule has 0 radical (unpaired) electrons. The second-order valence-electron chi connectivity index (χ2n) is 4.28. The first kappa shape index (κ1) is 9.43. The molecule has 3 heteroatoms. The normalized spacial score (nSPS) is 37.2. The fourth-order valence-corrected chi connectivity index (χ4v) is 4.61. The van der Waals surface area contributed by atoms with Crippen LogP contribution in [-0.2, 0) is 8.85 Å². The van der Waals surface area contributed by atoms with Gasteiger partial charge in [-0.15, -0.1) is 0 Å². The number of rotatable bonds is 3. The largest absolute Gasteiger partial charge is 0.397 e. The van der Waals surface area contributed by atoms with E-state index in [1.165, 1.54) is 18.0 Å². The molecule has 0 spiro atoms. The fraction of sp³-hybridized carbons (Fsp3) is 0.800. The van der Waals surface area contributed by atoms with Gasteiger partial charge in [0.15, 0.2) is 0 Å². The molecule has 0 heterocycles. The molecule has 2 bridgehead atoms. The predicted molar refractivity (Wildman–Crippen MR) is 54.6 cm³/mol. The Morgan fingerprint density at radius 2 is 2.00 bits per heavy atom. The van der Waals surface area contributed by atoms with E-state index in [2.05, 4.69) is 13.0 Å². The number of fused-ring (bicyclic) bond motifs is 2. The number of hydrogen-bond donors (Lipinski definition) is 0. The van der Waals surface area contributed by atoms with E-state index in [9.17, 15) is 0 Å². The Balaban J connectivity index is 2.10. The summed E-state index contributed by atoms with van der Waals surface area (Å²) < 4.78 is 10.8. The van der Waals surface area contributed by atoms with Gasteiger partial charge in [-0.1, -0.05) is 13.0 Å². The average molecular weight is 198 g/mol. The summed E-state index contributed by atoms with van der Waals surface area (Å²) in [5, 5.41) is 1.52. The second-order valence-corrected chi connectivity index (χ2v) is 6.55. The third-order valence-electron chi connectivity index (χ3n) is 3.52. The highest BCUT2D eigenvalue weighted by atomic mass is 28.3. The van der Waals surface area contributed by atoms with Crippen LogP contribution in [0.1, 0.15) is 19.8 Å². The molecule has 2 nitrogen and oxygen atoms in total.